The first-order valence-electron chi connectivity index (χ1n) is 12.7. The highest BCUT2D eigenvalue weighted by molar-refractivity contribution is 5.88. The molecule has 0 aliphatic carbocycles. The van der Waals surface area contributed by atoms with Crippen molar-refractivity contribution in [1.82, 2.24) is 9.78 Å². The number of aliphatic hydroxyl groups is 4. The van der Waals surface area contributed by atoms with E-state index < -0.39 is 43.3 Å². The van der Waals surface area contributed by atoms with Gasteiger partial charge in [0.1, 0.15) is 35.9 Å². The van der Waals surface area contributed by atoms with E-state index >= 15 is 0 Å². The number of rotatable bonds is 10. The summed E-state index contributed by atoms with van der Waals surface area (Å²) in [5.74, 6) is 0.162. The first-order chi connectivity index (χ1) is 19.1. The molecule has 1 aliphatic heterocycles. The standard InChI is InChI=1S/C28H34N2O10/c1-14(2)30-22(15-5-7-16(8-6-15)27(35)36)19(11-17-9-10-18(37-3)12-20(17)38-4)26(29-30)40-28-25(34)24(33)23(32)21(13-31)39-28/h5-10,12,14,21,23-25,28,31-34H,11,13H2,1-4H3,(H,35,36)/t21-,23-,24+,25-,28+/m1/s1. The first-order valence-corrected chi connectivity index (χ1v) is 12.7. The Kier molecular flexibility index (Phi) is 8.96. The lowest BCUT2D eigenvalue weighted by atomic mass is 9.98. The van der Waals surface area contributed by atoms with Crippen molar-refractivity contribution in [2.45, 2.75) is 57.0 Å². The van der Waals surface area contributed by atoms with Gasteiger partial charge in [0.15, 0.2) is 0 Å². The summed E-state index contributed by atoms with van der Waals surface area (Å²) in [4.78, 5) is 11.5. The molecule has 0 unspecified atom stereocenters. The third kappa shape index (κ3) is 5.76. The topological polar surface area (TPSA) is 173 Å². The van der Waals surface area contributed by atoms with Crippen LogP contribution in [0.1, 0.15) is 41.4 Å². The normalized spacial score (nSPS) is 22.8. The van der Waals surface area contributed by atoms with Gasteiger partial charge in [0.05, 0.1) is 32.1 Å². The molecule has 0 saturated carbocycles. The minimum Gasteiger partial charge on any atom is -0.497 e. The minimum absolute atomic E-state index is 0.0770. The summed E-state index contributed by atoms with van der Waals surface area (Å²) in [7, 11) is 3.08. The highest BCUT2D eigenvalue weighted by Gasteiger charge is 2.45. The van der Waals surface area contributed by atoms with Gasteiger partial charge >= 0.3 is 5.97 Å². The summed E-state index contributed by atoms with van der Waals surface area (Å²) < 4.78 is 24.3. The van der Waals surface area contributed by atoms with Crippen LogP contribution in [0.4, 0.5) is 0 Å². The highest BCUT2D eigenvalue weighted by Crippen LogP contribution is 2.38. The fraction of sp³-hybridized carbons (Fsp3) is 0.429. The predicted octanol–water partition coefficient (Wildman–Crippen LogP) is 1.62. The van der Waals surface area contributed by atoms with Gasteiger partial charge in [-0.1, -0.05) is 18.2 Å². The fourth-order valence-corrected chi connectivity index (χ4v) is 4.62. The maximum atomic E-state index is 11.5. The van der Waals surface area contributed by atoms with E-state index in [4.69, 9.17) is 18.9 Å². The molecular weight excluding hydrogens is 524 g/mol. The van der Waals surface area contributed by atoms with E-state index in [1.165, 1.54) is 19.2 Å². The Bertz CT molecular complexity index is 1320. The van der Waals surface area contributed by atoms with Crippen LogP contribution in [0.25, 0.3) is 11.3 Å². The van der Waals surface area contributed by atoms with Gasteiger partial charge in [0, 0.05) is 29.7 Å². The lowest BCUT2D eigenvalue weighted by Crippen LogP contribution is -2.60. The largest absolute Gasteiger partial charge is 0.497 e. The van der Waals surface area contributed by atoms with Crippen LogP contribution in [-0.2, 0) is 11.2 Å². The molecule has 12 nitrogen and oxygen atoms in total. The SMILES string of the molecule is COc1ccc(Cc2c(O[C@@H]3O[C@H](CO)[C@@H](O)[C@H](O)[C@H]3O)nn(C(C)C)c2-c2ccc(C(=O)O)cc2)c(OC)c1. The number of hydrogen-bond donors (Lipinski definition) is 5. The highest BCUT2D eigenvalue weighted by atomic mass is 16.7. The second kappa shape index (κ2) is 12.2. The smallest absolute Gasteiger partial charge is 0.335 e. The van der Waals surface area contributed by atoms with Crippen molar-refractivity contribution in [1.29, 1.82) is 0 Å². The molecule has 3 aromatic rings. The Morgan fingerprint density at radius 3 is 2.30 bits per heavy atom. The predicted molar refractivity (Wildman–Crippen MR) is 142 cm³/mol. The van der Waals surface area contributed by atoms with E-state index in [0.29, 0.717) is 28.3 Å². The van der Waals surface area contributed by atoms with E-state index in [0.717, 1.165) is 5.56 Å². The number of carbonyl (C=O) groups is 1. The first kappa shape index (κ1) is 29.3. The number of benzene rings is 2. The van der Waals surface area contributed by atoms with Crippen molar-refractivity contribution in [3.05, 3.63) is 59.2 Å². The van der Waals surface area contributed by atoms with Crippen LogP contribution >= 0.6 is 0 Å². The number of aromatic nitrogens is 2. The Hall–Kier alpha value is -3.68. The van der Waals surface area contributed by atoms with Crippen LogP contribution in [0.3, 0.4) is 0 Å². The number of carboxylic acid groups (broad SMARTS) is 1. The Morgan fingerprint density at radius 1 is 1.02 bits per heavy atom. The molecule has 0 amide bonds. The zero-order valence-corrected chi connectivity index (χ0v) is 22.6. The molecule has 2 aromatic carbocycles. The van der Waals surface area contributed by atoms with Crippen molar-refractivity contribution in [2.75, 3.05) is 20.8 Å². The van der Waals surface area contributed by atoms with Gasteiger partial charge in [-0.3, -0.25) is 4.68 Å². The van der Waals surface area contributed by atoms with Crippen LogP contribution in [0.2, 0.25) is 0 Å². The van der Waals surface area contributed by atoms with Gasteiger partial charge in [-0.2, -0.15) is 0 Å². The lowest BCUT2D eigenvalue weighted by Gasteiger charge is -2.39. The number of ether oxygens (including phenoxy) is 4. The third-order valence-corrected chi connectivity index (χ3v) is 6.80. The number of nitrogens with zero attached hydrogens (tertiary/aromatic N) is 2. The Balaban J connectivity index is 1.86. The van der Waals surface area contributed by atoms with E-state index in [1.807, 2.05) is 19.9 Å². The van der Waals surface area contributed by atoms with Crippen molar-refractivity contribution in [2.24, 2.45) is 0 Å². The second-order valence-electron chi connectivity index (χ2n) is 9.72. The molecule has 1 aliphatic rings. The van der Waals surface area contributed by atoms with Crippen LogP contribution < -0.4 is 14.2 Å². The summed E-state index contributed by atoms with van der Waals surface area (Å²) in [6.45, 7) is 3.22. The van der Waals surface area contributed by atoms with Crippen molar-refractivity contribution < 1.29 is 49.3 Å². The third-order valence-electron chi connectivity index (χ3n) is 6.80. The summed E-state index contributed by atoms with van der Waals surface area (Å²) in [6.07, 6.45) is -7.18. The number of carboxylic acids is 1. The van der Waals surface area contributed by atoms with Crippen LogP contribution in [0.5, 0.6) is 17.4 Å². The number of aliphatic hydroxyl groups excluding tert-OH is 4. The fourth-order valence-electron chi connectivity index (χ4n) is 4.62. The zero-order valence-electron chi connectivity index (χ0n) is 22.6. The number of hydrogen-bond acceptors (Lipinski definition) is 10. The number of methoxy groups -OCH3 is 2. The van der Waals surface area contributed by atoms with Crippen LogP contribution in [0.15, 0.2) is 42.5 Å². The average Bonchev–Trinajstić information content (AvgIpc) is 3.31. The molecule has 5 N–H and O–H groups in total. The molecule has 1 fully saturated rings. The summed E-state index contributed by atoms with van der Waals surface area (Å²) in [6, 6.07) is 11.5. The average molecular weight is 559 g/mol. The molecule has 216 valence electrons. The molecule has 0 bridgehead atoms. The van der Waals surface area contributed by atoms with Crippen molar-refractivity contribution in [3.8, 4) is 28.6 Å². The second-order valence-corrected chi connectivity index (χ2v) is 9.72. The van der Waals surface area contributed by atoms with E-state index in [2.05, 4.69) is 5.10 Å². The number of aromatic carboxylic acids is 1. The van der Waals surface area contributed by atoms with Gasteiger partial charge in [0.25, 0.3) is 0 Å². The van der Waals surface area contributed by atoms with E-state index in [1.54, 1.807) is 36.1 Å². The molecule has 4 rings (SSSR count). The van der Waals surface area contributed by atoms with E-state index in [9.17, 15) is 30.3 Å². The molecule has 5 atom stereocenters. The quantitative estimate of drug-likeness (QED) is 0.245. The van der Waals surface area contributed by atoms with Crippen LogP contribution in [-0.4, -0.2) is 92.8 Å². The molecule has 0 radical (unpaired) electrons. The summed E-state index contributed by atoms with van der Waals surface area (Å²) in [5, 5.41) is 54.8. The van der Waals surface area contributed by atoms with E-state index in [-0.39, 0.29) is 23.9 Å². The van der Waals surface area contributed by atoms with Gasteiger partial charge in [-0.05, 0) is 37.6 Å². The van der Waals surface area contributed by atoms with Crippen molar-refractivity contribution >= 4 is 5.97 Å². The Labute approximate surface area is 230 Å². The molecule has 2 heterocycles. The molecule has 40 heavy (non-hydrogen) atoms. The zero-order chi connectivity index (χ0) is 29.1. The molecule has 1 saturated heterocycles. The molecule has 12 heteroatoms. The maximum absolute atomic E-state index is 11.5. The van der Waals surface area contributed by atoms with Gasteiger partial charge in [-0.25, -0.2) is 4.79 Å². The molecule has 1 aromatic heterocycles. The minimum atomic E-state index is -1.64. The van der Waals surface area contributed by atoms with Gasteiger partial charge in [0.2, 0.25) is 12.2 Å². The summed E-state index contributed by atoms with van der Waals surface area (Å²) >= 11 is 0. The van der Waals surface area contributed by atoms with Crippen molar-refractivity contribution in [3.63, 3.8) is 0 Å². The van der Waals surface area contributed by atoms with Gasteiger partial charge in [-0.15, -0.1) is 5.10 Å². The molecule has 0 spiro atoms. The summed E-state index contributed by atoms with van der Waals surface area (Å²) in [5.41, 5.74) is 2.74. The van der Waals surface area contributed by atoms with Gasteiger partial charge < -0.3 is 44.5 Å². The Morgan fingerprint density at radius 2 is 1.73 bits per heavy atom. The van der Waals surface area contributed by atoms with Crippen LogP contribution in [0, 0.1) is 0 Å². The lowest BCUT2D eigenvalue weighted by molar-refractivity contribution is -0.278. The monoisotopic (exact) mass is 558 g/mol. The molecular formula is C28H34N2O10. The maximum Gasteiger partial charge on any atom is 0.335 e.